The van der Waals surface area contributed by atoms with E-state index in [2.05, 4.69) is 36.1 Å². The molecule has 0 spiro atoms. The zero-order valence-electron chi connectivity index (χ0n) is 10.9. The van der Waals surface area contributed by atoms with Crippen molar-refractivity contribution in [3.8, 4) is 0 Å². The first-order valence-electron chi connectivity index (χ1n) is 6.54. The number of hydrogen-bond donors (Lipinski definition) is 0. The van der Waals surface area contributed by atoms with Gasteiger partial charge in [-0.3, -0.25) is 9.88 Å². The van der Waals surface area contributed by atoms with Crippen molar-refractivity contribution >= 4 is 0 Å². The largest absolute Gasteiger partial charge is 0.299 e. The molecule has 2 nitrogen and oxygen atoms in total. The quantitative estimate of drug-likeness (QED) is 0.738. The Morgan fingerprint density at radius 1 is 1.24 bits per heavy atom. The van der Waals surface area contributed by atoms with E-state index in [9.17, 15) is 0 Å². The van der Waals surface area contributed by atoms with Gasteiger partial charge in [-0.05, 0) is 51.4 Å². The highest BCUT2D eigenvalue weighted by molar-refractivity contribution is 5.26. The molecule has 0 fully saturated rings. The third kappa shape index (κ3) is 3.16. The van der Waals surface area contributed by atoms with E-state index in [1.165, 1.54) is 37.7 Å². The molecule has 0 aromatic carbocycles. The van der Waals surface area contributed by atoms with Crippen LogP contribution in [-0.2, 0) is 0 Å². The summed E-state index contributed by atoms with van der Waals surface area (Å²) in [4.78, 5) is 6.55. The predicted molar refractivity (Wildman–Crippen MR) is 71.8 cm³/mol. The van der Waals surface area contributed by atoms with E-state index in [1.807, 2.05) is 18.5 Å². The molecule has 0 bridgehead atoms. The topological polar surface area (TPSA) is 16.1 Å². The lowest BCUT2D eigenvalue weighted by atomic mass is 9.95. The van der Waals surface area contributed by atoms with Gasteiger partial charge in [0.15, 0.2) is 0 Å². The van der Waals surface area contributed by atoms with Gasteiger partial charge in [-0.15, -0.1) is 0 Å². The van der Waals surface area contributed by atoms with Crippen LogP contribution in [0.2, 0.25) is 0 Å². The van der Waals surface area contributed by atoms with E-state index in [4.69, 9.17) is 0 Å². The molecule has 1 unspecified atom stereocenters. The number of allylic oxidation sites excluding steroid dienone is 1. The minimum absolute atomic E-state index is 0.404. The molecule has 17 heavy (non-hydrogen) atoms. The first-order valence-corrected chi connectivity index (χ1v) is 6.54. The van der Waals surface area contributed by atoms with E-state index in [-0.39, 0.29) is 0 Å². The Kier molecular flexibility index (Phi) is 4.32. The van der Waals surface area contributed by atoms with Gasteiger partial charge in [0.25, 0.3) is 0 Å². The molecule has 0 radical (unpaired) electrons. The van der Waals surface area contributed by atoms with Gasteiger partial charge in [0, 0.05) is 12.4 Å². The summed E-state index contributed by atoms with van der Waals surface area (Å²) in [6.07, 6.45) is 12.8. The van der Waals surface area contributed by atoms with Gasteiger partial charge < -0.3 is 0 Å². The lowest BCUT2D eigenvalue weighted by Gasteiger charge is -2.27. The van der Waals surface area contributed by atoms with Crippen molar-refractivity contribution in [2.45, 2.75) is 38.1 Å². The van der Waals surface area contributed by atoms with Crippen molar-refractivity contribution in [2.75, 3.05) is 14.1 Å². The molecule has 2 heteroatoms. The van der Waals surface area contributed by atoms with Crippen LogP contribution in [0, 0.1) is 0 Å². The minimum atomic E-state index is 0.404. The third-order valence-corrected chi connectivity index (χ3v) is 3.44. The fourth-order valence-corrected chi connectivity index (χ4v) is 2.67. The molecule has 1 atom stereocenters. The molecule has 0 amide bonds. The maximum atomic E-state index is 4.25. The second-order valence-corrected chi connectivity index (χ2v) is 5.03. The number of aromatic nitrogens is 1. The van der Waals surface area contributed by atoms with Crippen LogP contribution in [0.3, 0.4) is 0 Å². The second kappa shape index (κ2) is 5.97. The first-order chi connectivity index (χ1) is 8.29. The van der Waals surface area contributed by atoms with Gasteiger partial charge in [-0.1, -0.05) is 24.1 Å². The molecule has 2 rings (SSSR count). The fourth-order valence-electron chi connectivity index (χ4n) is 2.67. The van der Waals surface area contributed by atoms with E-state index in [0.717, 1.165) is 0 Å². The summed E-state index contributed by atoms with van der Waals surface area (Å²) in [7, 11) is 4.31. The molecule has 1 heterocycles. The van der Waals surface area contributed by atoms with Gasteiger partial charge in [-0.2, -0.15) is 0 Å². The smallest absolute Gasteiger partial charge is 0.0571 e. The molecule has 92 valence electrons. The maximum Gasteiger partial charge on any atom is 0.0571 e. The van der Waals surface area contributed by atoms with Gasteiger partial charge in [0.2, 0.25) is 0 Å². The maximum absolute atomic E-state index is 4.25. The summed E-state index contributed by atoms with van der Waals surface area (Å²) >= 11 is 0. The summed E-state index contributed by atoms with van der Waals surface area (Å²) in [6.45, 7) is 0. The molecule has 1 aromatic rings. The molecule has 0 saturated carbocycles. The number of nitrogens with zero attached hydrogens (tertiary/aromatic N) is 2. The zero-order chi connectivity index (χ0) is 12.1. The van der Waals surface area contributed by atoms with Crippen LogP contribution >= 0.6 is 0 Å². The van der Waals surface area contributed by atoms with Crippen molar-refractivity contribution in [2.24, 2.45) is 0 Å². The lowest BCUT2D eigenvalue weighted by Crippen LogP contribution is -2.22. The van der Waals surface area contributed by atoms with Crippen LogP contribution in [0.5, 0.6) is 0 Å². The number of likely N-dealkylation sites (N-methyl/N-ethyl adjacent to an activating group) is 1. The van der Waals surface area contributed by atoms with E-state index in [1.54, 1.807) is 5.57 Å². The highest BCUT2D eigenvalue weighted by atomic mass is 15.1. The SMILES string of the molecule is CN(C)C(C1=CCCCCC1)c1cccnc1. The van der Waals surface area contributed by atoms with Crippen molar-refractivity contribution in [1.82, 2.24) is 9.88 Å². The van der Waals surface area contributed by atoms with Gasteiger partial charge >= 0.3 is 0 Å². The number of hydrogen-bond acceptors (Lipinski definition) is 2. The van der Waals surface area contributed by atoms with Crippen LogP contribution in [0.15, 0.2) is 36.2 Å². The van der Waals surface area contributed by atoms with Gasteiger partial charge in [0.05, 0.1) is 6.04 Å². The van der Waals surface area contributed by atoms with Gasteiger partial charge in [0.1, 0.15) is 0 Å². The molecule has 1 aliphatic carbocycles. The lowest BCUT2D eigenvalue weighted by molar-refractivity contribution is 0.329. The van der Waals surface area contributed by atoms with Crippen LogP contribution in [0.4, 0.5) is 0 Å². The summed E-state index contributed by atoms with van der Waals surface area (Å²) in [5, 5.41) is 0. The molecule has 0 saturated heterocycles. The molecule has 0 N–H and O–H groups in total. The average Bonchev–Trinajstić information content (AvgIpc) is 2.59. The normalized spacial score (nSPS) is 18.6. The Hall–Kier alpha value is -1.15. The minimum Gasteiger partial charge on any atom is -0.299 e. The Labute approximate surface area is 104 Å². The van der Waals surface area contributed by atoms with Crippen molar-refractivity contribution in [1.29, 1.82) is 0 Å². The molecule has 0 aliphatic heterocycles. The number of rotatable bonds is 3. The van der Waals surface area contributed by atoms with Crippen molar-refractivity contribution < 1.29 is 0 Å². The third-order valence-electron chi connectivity index (χ3n) is 3.44. The molecule has 1 aliphatic rings. The van der Waals surface area contributed by atoms with Crippen LogP contribution < -0.4 is 0 Å². The molecular weight excluding hydrogens is 208 g/mol. The summed E-state index contributed by atoms with van der Waals surface area (Å²) in [5.41, 5.74) is 2.88. The Morgan fingerprint density at radius 3 is 2.82 bits per heavy atom. The van der Waals surface area contributed by atoms with E-state index in [0.29, 0.717) is 6.04 Å². The van der Waals surface area contributed by atoms with Gasteiger partial charge in [-0.25, -0.2) is 0 Å². The van der Waals surface area contributed by atoms with Crippen molar-refractivity contribution in [3.63, 3.8) is 0 Å². The van der Waals surface area contributed by atoms with Crippen molar-refractivity contribution in [3.05, 3.63) is 41.7 Å². The Morgan fingerprint density at radius 2 is 2.12 bits per heavy atom. The summed E-state index contributed by atoms with van der Waals surface area (Å²) in [5.74, 6) is 0. The predicted octanol–water partition coefficient (Wildman–Crippen LogP) is 3.57. The van der Waals surface area contributed by atoms with Crippen LogP contribution in [-0.4, -0.2) is 24.0 Å². The number of pyridine rings is 1. The Balaban J connectivity index is 2.25. The highest BCUT2D eigenvalue weighted by Gasteiger charge is 2.19. The van der Waals surface area contributed by atoms with E-state index >= 15 is 0 Å². The first kappa shape index (κ1) is 12.3. The zero-order valence-corrected chi connectivity index (χ0v) is 10.9. The van der Waals surface area contributed by atoms with E-state index < -0.39 is 0 Å². The fraction of sp³-hybridized carbons (Fsp3) is 0.533. The molecular formula is C15H22N2. The monoisotopic (exact) mass is 230 g/mol. The van der Waals surface area contributed by atoms with Crippen LogP contribution in [0.1, 0.15) is 43.7 Å². The second-order valence-electron chi connectivity index (χ2n) is 5.03. The van der Waals surface area contributed by atoms with Crippen LogP contribution in [0.25, 0.3) is 0 Å². The standard InChI is InChI=1S/C15H22N2/c1-17(2)15(14-10-7-11-16-12-14)13-8-5-3-4-6-9-13/h7-8,10-12,15H,3-6,9H2,1-2H3. The summed E-state index contributed by atoms with van der Waals surface area (Å²) < 4.78 is 0. The Bertz CT molecular complexity index is 368. The average molecular weight is 230 g/mol. The highest BCUT2D eigenvalue weighted by Crippen LogP contribution is 2.31. The molecule has 1 aromatic heterocycles. The summed E-state index contributed by atoms with van der Waals surface area (Å²) in [6, 6.07) is 4.62.